The van der Waals surface area contributed by atoms with E-state index in [1.165, 1.54) is 0 Å². The lowest BCUT2D eigenvalue weighted by Crippen LogP contribution is -2.29. The van der Waals surface area contributed by atoms with Crippen molar-refractivity contribution in [3.8, 4) is 0 Å². The monoisotopic (exact) mass is 211 g/mol. The SMILES string of the molecule is CC(C)(N)c1ccccc1SCCO. The van der Waals surface area contributed by atoms with Crippen molar-refractivity contribution in [1.82, 2.24) is 0 Å². The summed E-state index contributed by atoms with van der Waals surface area (Å²) in [6.45, 7) is 4.18. The van der Waals surface area contributed by atoms with Gasteiger partial charge in [0.05, 0.1) is 6.61 Å². The Balaban J connectivity index is 2.92. The highest BCUT2D eigenvalue weighted by atomic mass is 32.2. The maximum absolute atomic E-state index is 8.77. The number of thioether (sulfide) groups is 1. The molecule has 0 aliphatic rings. The van der Waals surface area contributed by atoms with Crippen molar-refractivity contribution < 1.29 is 5.11 Å². The smallest absolute Gasteiger partial charge is 0.0525 e. The predicted octanol–water partition coefficient (Wildman–Crippen LogP) is 1.96. The van der Waals surface area contributed by atoms with E-state index in [2.05, 4.69) is 0 Å². The Hall–Kier alpha value is -0.510. The number of hydrogen-bond acceptors (Lipinski definition) is 3. The van der Waals surface area contributed by atoms with E-state index in [9.17, 15) is 0 Å². The predicted molar refractivity (Wildman–Crippen MR) is 61.5 cm³/mol. The molecular formula is C11H17NOS. The fraction of sp³-hybridized carbons (Fsp3) is 0.455. The second kappa shape index (κ2) is 4.82. The molecule has 0 saturated carbocycles. The molecule has 0 aliphatic carbocycles. The second-order valence-electron chi connectivity index (χ2n) is 3.79. The summed E-state index contributed by atoms with van der Waals surface area (Å²) in [5.41, 5.74) is 6.87. The topological polar surface area (TPSA) is 46.2 Å². The van der Waals surface area contributed by atoms with Crippen molar-refractivity contribution in [3.63, 3.8) is 0 Å². The maximum atomic E-state index is 8.77. The van der Waals surface area contributed by atoms with E-state index in [1.54, 1.807) is 11.8 Å². The summed E-state index contributed by atoms with van der Waals surface area (Å²) < 4.78 is 0. The first-order valence-electron chi connectivity index (χ1n) is 4.68. The molecule has 0 fully saturated rings. The molecule has 14 heavy (non-hydrogen) atoms. The first-order chi connectivity index (χ1) is 6.55. The van der Waals surface area contributed by atoms with Crippen molar-refractivity contribution in [1.29, 1.82) is 0 Å². The van der Waals surface area contributed by atoms with Crippen LogP contribution in [-0.4, -0.2) is 17.5 Å². The summed E-state index contributed by atoms with van der Waals surface area (Å²) in [7, 11) is 0. The molecule has 0 amide bonds. The molecule has 0 aromatic heterocycles. The highest BCUT2D eigenvalue weighted by Crippen LogP contribution is 2.29. The van der Waals surface area contributed by atoms with Crippen LogP contribution in [0.3, 0.4) is 0 Å². The van der Waals surface area contributed by atoms with Crippen LogP contribution in [0.2, 0.25) is 0 Å². The lowest BCUT2D eigenvalue weighted by molar-refractivity contribution is 0.322. The first kappa shape index (κ1) is 11.6. The van der Waals surface area contributed by atoms with Crippen LogP contribution >= 0.6 is 11.8 Å². The van der Waals surface area contributed by atoms with Crippen LogP contribution in [-0.2, 0) is 5.54 Å². The summed E-state index contributed by atoms with van der Waals surface area (Å²) in [6, 6.07) is 8.08. The molecule has 0 aliphatic heterocycles. The normalized spacial score (nSPS) is 11.7. The molecule has 78 valence electrons. The van der Waals surface area contributed by atoms with Gasteiger partial charge >= 0.3 is 0 Å². The third kappa shape index (κ3) is 3.01. The molecule has 1 aromatic carbocycles. The summed E-state index contributed by atoms with van der Waals surface area (Å²) in [6.07, 6.45) is 0. The summed E-state index contributed by atoms with van der Waals surface area (Å²) in [5.74, 6) is 0.715. The molecule has 0 atom stereocenters. The minimum Gasteiger partial charge on any atom is -0.396 e. The van der Waals surface area contributed by atoms with Gasteiger partial charge in [0.1, 0.15) is 0 Å². The number of aliphatic hydroxyl groups is 1. The van der Waals surface area contributed by atoms with E-state index in [0.717, 1.165) is 10.5 Å². The minimum atomic E-state index is -0.320. The minimum absolute atomic E-state index is 0.198. The van der Waals surface area contributed by atoms with E-state index < -0.39 is 0 Å². The van der Waals surface area contributed by atoms with Crippen LogP contribution in [0.1, 0.15) is 19.4 Å². The van der Waals surface area contributed by atoms with E-state index in [4.69, 9.17) is 10.8 Å². The average molecular weight is 211 g/mol. The van der Waals surface area contributed by atoms with Crippen molar-refractivity contribution in [2.75, 3.05) is 12.4 Å². The fourth-order valence-electron chi connectivity index (χ4n) is 1.28. The quantitative estimate of drug-likeness (QED) is 0.748. The molecule has 2 nitrogen and oxygen atoms in total. The largest absolute Gasteiger partial charge is 0.396 e. The number of rotatable bonds is 4. The van der Waals surface area contributed by atoms with Gasteiger partial charge in [-0.25, -0.2) is 0 Å². The fourth-order valence-corrected chi connectivity index (χ4v) is 2.25. The van der Waals surface area contributed by atoms with E-state index >= 15 is 0 Å². The van der Waals surface area contributed by atoms with Gasteiger partial charge in [0.25, 0.3) is 0 Å². The third-order valence-corrected chi connectivity index (χ3v) is 2.98. The van der Waals surface area contributed by atoms with Gasteiger partial charge in [-0.05, 0) is 25.5 Å². The molecule has 0 spiro atoms. The van der Waals surface area contributed by atoms with Crippen molar-refractivity contribution in [2.45, 2.75) is 24.3 Å². The van der Waals surface area contributed by atoms with E-state index in [0.29, 0.717) is 5.75 Å². The second-order valence-corrected chi connectivity index (χ2v) is 4.93. The Morgan fingerprint density at radius 1 is 1.36 bits per heavy atom. The molecule has 3 N–H and O–H groups in total. The van der Waals surface area contributed by atoms with Gasteiger partial charge in [0.15, 0.2) is 0 Å². The van der Waals surface area contributed by atoms with Crippen LogP contribution in [0.15, 0.2) is 29.2 Å². The Labute approximate surface area is 89.5 Å². The van der Waals surface area contributed by atoms with Gasteiger partial charge in [-0.1, -0.05) is 18.2 Å². The molecular weight excluding hydrogens is 194 g/mol. The molecule has 1 rings (SSSR count). The number of aliphatic hydroxyl groups excluding tert-OH is 1. The first-order valence-corrected chi connectivity index (χ1v) is 5.66. The zero-order valence-corrected chi connectivity index (χ0v) is 9.47. The van der Waals surface area contributed by atoms with Gasteiger partial charge < -0.3 is 10.8 Å². The van der Waals surface area contributed by atoms with Crippen molar-refractivity contribution in [2.24, 2.45) is 5.73 Å². The van der Waals surface area contributed by atoms with Crippen LogP contribution in [0.5, 0.6) is 0 Å². The van der Waals surface area contributed by atoms with Gasteiger partial charge in [-0.3, -0.25) is 0 Å². The molecule has 1 aromatic rings. The standard InChI is InChI=1S/C11H17NOS/c1-11(2,12)9-5-3-4-6-10(9)14-8-7-13/h3-6,13H,7-8,12H2,1-2H3. The molecule has 0 bridgehead atoms. The molecule has 3 heteroatoms. The summed E-state index contributed by atoms with van der Waals surface area (Å²) in [4.78, 5) is 1.16. The molecule has 0 unspecified atom stereocenters. The van der Waals surface area contributed by atoms with Crippen molar-refractivity contribution >= 4 is 11.8 Å². The van der Waals surface area contributed by atoms with Crippen LogP contribution in [0, 0.1) is 0 Å². The van der Waals surface area contributed by atoms with Gasteiger partial charge in [0.2, 0.25) is 0 Å². The van der Waals surface area contributed by atoms with Crippen molar-refractivity contribution in [3.05, 3.63) is 29.8 Å². The summed E-state index contributed by atoms with van der Waals surface area (Å²) >= 11 is 1.64. The highest BCUT2D eigenvalue weighted by Gasteiger charge is 2.17. The Kier molecular flexibility index (Phi) is 3.98. The highest BCUT2D eigenvalue weighted by molar-refractivity contribution is 7.99. The summed E-state index contributed by atoms with van der Waals surface area (Å²) in [5, 5.41) is 8.77. The zero-order valence-electron chi connectivity index (χ0n) is 8.66. The number of benzene rings is 1. The van der Waals surface area contributed by atoms with Gasteiger partial charge in [0, 0.05) is 16.2 Å². The van der Waals surface area contributed by atoms with E-state index in [1.807, 2.05) is 38.1 Å². The lowest BCUT2D eigenvalue weighted by Gasteiger charge is -2.22. The lowest BCUT2D eigenvalue weighted by atomic mass is 9.96. The number of hydrogen-bond donors (Lipinski definition) is 2. The molecule has 0 radical (unpaired) electrons. The Morgan fingerprint density at radius 3 is 2.57 bits per heavy atom. The Morgan fingerprint density at radius 2 is 2.00 bits per heavy atom. The average Bonchev–Trinajstić information content (AvgIpc) is 2.14. The zero-order chi connectivity index (χ0) is 10.6. The maximum Gasteiger partial charge on any atom is 0.0525 e. The third-order valence-electron chi connectivity index (χ3n) is 1.93. The molecule has 0 saturated heterocycles. The van der Waals surface area contributed by atoms with Gasteiger partial charge in [-0.2, -0.15) is 0 Å². The van der Waals surface area contributed by atoms with Crippen LogP contribution in [0.25, 0.3) is 0 Å². The van der Waals surface area contributed by atoms with E-state index in [-0.39, 0.29) is 12.1 Å². The molecule has 0 heterocycles. The number of nitrogens with two attached hydrogens (primary N) is 1. The Bertz CT molecular complexity index is 294. The van der Waals surface area contributed by atoms with Crippen LogP contribution in [0.4, 0.5) is 0 Å². The van der Waals surface area contributed by atoms with Gasteiger partial charge in [-0.15, -0.1) is 11.8 Å². The van der Waals surface area contributed by atoms with Crippen LogP contribution < -0.4 is 5.73 Å².